The van der Waals surface area contributed by atoms with Gasteiger partial charge in [-0.15, -0.1) is 0 Å². The molecule has 3 atom stereocenters. The lowest BCUT2D eigenvalue weighted by Gasteiger charge is -2.33. The third kappa shape index (κ3) is 4.23. The summed E-state index contributed by atoms with van der Waals surface area (Å²) in [5, 5.41) is 4.65. The van der Waals surface area contributed by atoms with E-state index < -0.39 is 5.82 Å². The molecule has 5 rings (SSSR count). The van der Waals surface area contributed by atoms with Crippen LogP contribution in [0.5, 0.6) is 0 Å². The summed E-state index contributed by atoms with van der Waals surface area (Å²) in [6.07, 6.45) is 5.38. The molecule has 6 nitrogen and oxygen atoms in total. The molecule has 1 saturated heterocycles. The van der Waals surface area contributed by atoms with Gasteiger partial charge in [0.05, 0.1) is 29.8 Å². The molecule has 0 radical (unpaired) electrons. The highest BCUT2D eigenvalue weighted by Gasteiger charge is 2.31. The predicted molar refractivity (Wildman–Crippen MR) is 126 cm³/mol. The first kappa shape index (κ1) is 21.9. The van der Waals surface area contributed by atoms with E-state index >= 15 is 0 Å². The molecule has 3 aromatic heterocycles. The van der Waals surface area contributed by atoms with E-state index in [9.17, 15) is 4.39 Å². The van der Waals surface area contributed by atoms with Crippen LogP contribution in [0.1, 0.15) is 54.4 Å². The lowest BCUT2D eigenvalue weighted by molar-refractivity contribution is -0.0505. The van der Waals surface area contributed by atoms with Crippen LogP contribution in [0.3, 0.4) is 0 Å². The van der Waals surface area contributed by atoms with E-state index in [-0.39, 0.29) is 18.1 Å². The molecular formula is C25H25ClFN5O. The van der Waals surface area contributed by atoms with Gasteiger partial charge in [-0.3, -0.25) is 4.68 Å². The molecule has 0 aliphatic carbocycles. The number of pyridine rings is 1. The maximum atomic E-state index is 15.0. The highest BCUT2D eigenvalue weighted by molar-refractivity contribution is 6.30. The van der Waals surface area contributed by atoms with Gasteiger partial charge in [0, 0.05) is 46.6 Å². The quantitative estimate of drug-likeness (QED) is 0.379. The average Bonchev–Trinajstić information content (AvgIpc) is 3.20. The molecule has 0 unspecified atom stereocenters. The standard InChI is InChI=1S/C25H25ClFN5O/c1-13-7-16(8-23(33-13)17-11-28-32(4)12-17)22-10-20(19-6-5-18(26)9-21(19)27)24-25(31-22)30-15(3)14(2)29-24/h5-6,9-13,16,23H,7-8H2,1-4H3/t13-,16+,23-/m0/s1. The van der Waals surface area contributed by atoms with Crippen LogP contribution in [0.2, 0.25) is 5.02 Å². The predicted octanol–water partition coefficient (Wildman–Crippen LogP) is 5.86. The second kappa shape index (κ2) is 8.47. The summed E-state index contributed by atoms with van der Waals surface area (Å²) in [4.78, 5) is 14.3. The monoisotopic (exact) mass is 465 g/mol. The third-order valence-corrected chi connectivity index (χ3v) is 6.55. The zero-order valence-corrected chi connectivity index (χ0v) is 19.8. The normalized spacial score (nSPS) is 21.0. The summed E-state index contributed by atoms with van der Waals surface area (Å²) in [5.41, 5.74) is 5.75. The smallest absolute Gasteiger partial charge is 0.179 e. The Kier molecular flexibility index (Phi) is 5.62. The molecular weight excluding hydrogens is 441 g/mol. The number of nitrogens with zero attached hydrogens (tertiary/aromatic N) is 5. The number of halogens is 2. The number of rotatable bonds is 3. The van der Waals surface area contributed by atoms with Crippen LogP contribution in [0.15, 0.2) is 36.7 Å². The highest BCUT2D eigenvalue weighted by atomic mass is 35.5. The molecule has 0 saturated carbocycles. The number of hydrogen-bond acceptors (Lipinski definition) is 5. The Morgan fingerprint density at radius 3 is 2.58 bits per heavy atom. The molecule has 33 heavy (non-hydrogen) atoms. The van der Waals surface area contributed by atoms with Crippen LogP contribution in [0.25, 0.3) is 22.3 Å². The largest absolute Gasteiger partial charge is 0.370 e. The number of benzene rings is 1. The lowest BCUT2D eigenvalue weighted by Crippen LogP contribution is -2.25. The fourth-order valence-electron chi connectivity index (χ4n) is 4.55. The topological polar surface area (TPSA) is 65.7 Å². The number of hydrogen-bond donors (Lipinski definition) is 0. The summed E-state index contributed by atoms with van der Waals surface area (Å²) in [7, 11) is 1.90. The maximum absolute atomic E-state index is 15.0. The molecule has 1 aromatic carbocycles. The van der Waals surface area contributed by atoms with Gasteiger partial charge in [0.1, 0.15) is 11.3 Å². The number of fused-ring (bicyclic) bond motifs is 1. The number of ether oxygens (including phenoxy) is 1. The molecule has 0 amide bonds. The third-order valence-electron chi connectivity index (χ3n) is 6.32. The lowest BCUT2D eigenvalue weighted by atomic mass is 9.86. The van der Waals surface area contributed by atoms with Gasteiger partial charge >= 0.3 is 0 Å². The fourth-order valence-corrected chi connectivity index (χ4v) is 4.71. The molecule has 1 fully saturated rings. The number of aryl methyl sites for hydroxylation is 3. The van der Waals surface area contributed by atoms with Crippen molar-refractivity contribution in [2.45, 2.75) is 51.7 Å². The van der Waals surface area contributed by atoms with Gasteiger partial charge in [0.25, 0.3) is 0 Å². The van der Waals surface area contributed by atoms with Gasteiger partial charge in [0.15, 0.2) is 5.65 Å². The van der Waals surface area contributed by atoms with Crippen LogP contribution < -0.4 is 0 Å². The minimum atomic E-state index is -0.394. The molecule has 4 aromatic rings. The molecule has 4 heterocycles. The van der Waals surface area contributed by atoms with Crippen molar-refractivity contribution in [2.24, 2.45) is 7.05 Å². The molecule has 170 valence electrons. The minimum Gasteiger partial charge on any atom is -0.370 e. The molecule has 0 bridgehead atoms. The van der Waals surface area contributed by atoms with Gasteiger partial charge in [-0.05, 0) is 57.9 Å². The second-order valence-corrected chi connectivity index (χ2v) is 9.27. The summed E-state index contributed by atoms with van der Waals surface area (Å²) in [6.45, 7) is 5.88. The van der Waals surface area contributed by atoms with E-state index in [0.717, 1.165) is 35.5 Å². The van der Waals surface area contributed by atoms with Crippen molar-refractivity contribution in [3.05, 3.63) is 70.1 Å². The summed E-state index contributed by atoms with van der Waals surface area (Å²) >= 11 is 6.01. The van der Waals surface area contributed by atoms with Gasteiger partial charge in [0.2, 0.25) is 0 Å². The Bertz CT molecular complexity index is 1350. The maximum Gasteiger partial charge on any atom is 0.179 e. The number of aromatic nitrogens is 5. The zero-order valence-electron chi connectivity index (χ0n) is 19.0. The van der Waals surface area contributed by atoms with Crippen molar-refractivity contribution in [2.75, 3.05) is 0 Å². The van der Waals surface area contributed by atoms with Gasteiger partial charge < -0.3 is 4.74 Å². The SMILES string of the molecule is Cc1nc2nc([C@H]3C[C@@H](c4cnn(C)c4)O[C@@H](C)C3)cc(-c3ccc(Cl)cc3F)c2nc1C. The minimum absolute atomic E-state index is 0.0491. The molecule has 0 spiro atoms. The first-order valence-corrected chi connectivity index (χ1v) is 11.4. The van der Waals surface area contributed by atoms with Crippen LogP contribution >= 0.6 is 11.6 Å². The zero-order chi connectivity index (χ0) is 23.3. The molecule has 1 aliphatic rings. The Morgan fingerprint density at radius 2 is 1.85 bits per heavy atom. The van der Waals surface area contributed by atoms with Crippen molar-refractivity contribution >= 4 is 22.8 Å². The van der Waals surface area contributed by atoms with E-state index in [0.29, 0.717) is 27.3 Å². The average molecular weight is 466 g/mol. The first-order chi connectivity index (χ1) is 15.8. The first-order valence-electron chi connectivity index (χ1n) is 11.0. The van der Waals surface area contributed by atoms with E-state index in [2.05, 4.69) is 12.0 Å². The van der Waals surface area contributed by atoms with Crippen molar-refractivity contribution in [1.82, 2.24) is 24.7 Å². The van der Waals surface area contributed by atoms with Crippen molar-refractivity contribution < 1.29 is 9.13 Å². The Labute approximate surface area is 196 Å². The fraction of sp³-hybridized carbons (Fsp3) is 0.360. The Balaban J connectivity index is 1.64. The van der Waals surface area contributed by atoms with Crippen molar-refractivity contribution in [3.63, 3.8) is 0 Å². The molecule has 8 heteroatoms. The van der Waals surface area contributed by atoms with E-state index in [1.165, 1.54) is 6.07 Å². The Hall–Kier alpha value is -2.90. The van der Waals surface area contributed by atoms with Gasteiger partial charge in [-0.1, -0.05) is 11.6 Å². The summed E-state index contributed by atoms with van der Waals surface area (Å²) in [6, 6.07) is 6.67. The van der Waals surface area contributed by atoms with Crippen LogP contribution in [0.4, 0.5) is 4.39 Å². The van der Waals surface area contributed by atoms with Crippen LogP contribution in [-0.2, 0) is 11.8 Å². The molecule has 1 aliphatic heterocycles. The summed E-state index contributed by atoms with van der Waals surface area (Å²) < 4.78 is 23.0. The van der Waals surface area contributed by atoms with E-state index in [1.54, 1.807) is 16.8 Å². The van der Waals surface area contributed by atoms with Crippen LogP contribution in [-0.4, -0.2) is 30.8 Å². The highest BCUT2D eigenvalue weighted by Crippen LogP contribution is 2.41. The van der Waals surface area contributed by atoms with Gasteiger partial charge in [-0.2, -0.15) is 5.10 Å². The van der Waals surface area contributed by atoms with Crippen molar-refractivity contribution in [3.8, 4) is 11.1 Å². The van der Waals surface area contributed by atoms with E-state index in [4.69, 9.17) is 31.3 Å². The van der Waals surface area contributed by atoms with Crippen LogP contribution in [0, 0.1) is 19.7 Å². The molecule has 0 N–H and O–H groups in total. The van der Waals surface area contributed by atoms with Crippen molar-refractivity contribution in [1.29, 1.82) is 0 Å². The van der Waals surface area contributed by atoms with Gasteiger partial charge in [-0.25, -0.2) is 19.3 Å². The summed E-state index contributed by atoms with van der Waals surface area (Å²) in [5.74, 6) is -0.268. The second-order valence-electron chi connectivity index (χ2n) is 8.84. The Morgan fingerprint density at radius 1 is 1.06 bits per heavy atom. The van der Waals surface area contributed by atoms with E-state index in [1.807, 2.05) is 39.4 Å².